The van der Waals surface area contributed by atoms with E-state index >= 15 is 0 Å². The van der Waals surface area contributed by atoms with Crippen LogP contribution >= 0.6 is 0 Å². The number of carbonyl (C=O) groups is 1. The first kappa shape index (κ1) is 13.2. The Bertz CT molecular complexity index is 848. The molecule has 3 rings (SSSR count). The molecule has 0 aliphatic carbocycles. The molecule has 3 N–H and O–H groups in total. The normalized spacial score (nSPS) is 10.7. The molecular weight excluding hydrogens is 262 g/mol. The van der Waals surface area contributed by atoms with Gasteiger partial charge in [0.05, 0.1) is 11.3 Å². The lowest BCUT2D eigenvalue weighted by atomic mass is 9.92. The van der Waals surface area contributed by atoms with E-state index in [2.05, 4.69) is 0 Å². The van der Waals surface area contributed by atoms with E-state index in [1.54, 1.807) is 12.1 Å². The molecule has 0 heterocycles. The largest absolute Gasteiger partial charge is 0.478 e. The van der Waals surface area contributed by atoms with Crippen molar-refractivity contribution in [3.05, 3.63) is 65.7 Å². The summed E-state index contributed by atoms with van der Waals surface area (Å²) in [4.78, 5) is 11.3. The van der Waals surface area contributed by atoms with Gasteiger partial charge in [0.15, 0.2) is 0 Å². The second-order valence-corrected chi connectivity index (χ2v) is 5.05. The Morgan fingerprint density at radius 1 is 1.00 bits per heavy atom. The molecule has 3 aromatic carbocycles. The highest BCUT2D eigenvalue weighted by Gasteiger charge is 2.16. The first-order valence-electron chi connectivity index (χ1n) is 6.70. The van der Waals surface area contributed by atoms with Gasteiger partial charge in [-0.05, 0) is 34.9 Å². The summed E-state index contributed by atoms with van der Waals surface area (Å²) < 4.78 is 0. The molecule has 0 aliphatic heterocycles. The summed E-state index contributed by atoms with van der Waals surface area (Å²) in [6.45, 7) is 1.94. The quantitative estimate of drug-likeness (QED) is 0.693. The molecule has 0 saturated carbocycles. The van der Waals surface area contributed by atoms with Gasteiger partial charge in [-0.2, -0.15) is 0 Å². The first-order chi connectivity index (χ1) is 10.1. The van der Waals surface area contributed by atoms with Crippen LogP contribution in [0.5, 0.6) is 0 Å². The van der Waals surface area contributed by atoms with Gasteiger partial charge < -0.3 is 10.8 Å². The van der Waals surface area contributed by atoms with Crippen molar-refractivity contribution >= 4 is 22.4 Å². The summed E-state index contributed by atoms with van der Waals surface area (Å²) in [7, 11) is 0. The molecule has 0 amide bonds. The number of carboxylic acids is 1. The van der Waals surface area contributed by atoms with Gasteiger partial charge in [0.1, 0.15) is 0 Å². The maximum atomic E-state index is 11.3. The van der Waals surface area contributed by atoms with Crippen molar-refractivity contribution < 1.29 is 9.90 Å². The van der Waals surface area contributed by atoms with E-state index in [1.165, 1.54) is 0 Å². The van der Waals surface area contributed by atoms with Crippen LogP contribution in [0.4, 0.5) is 5.69 Å². The number of carboxylic acid groups (broad SMARTS) is 1. The minimum atomic E-state index is -1.01. The number of hydrogen-bond acceptors (Lipinski definition) is 2. The summed E-state index contributed by atoms with van der Waals surface area (Å²) >= 11 is 0. The average molecular weight is 277 g/mol. The van der Waals surface area contributed by atoms with Crippen molar-refractivity contribution in [1.29, 1.82) is 0 Å². The van der Waals surface area contributed by atoms with Gasteiger partial charge >= 0.3 is 5.97 Å². The van der Waals surface area contributed by atoms with Crippen LogP contribution in [0, 0.1) is 6.92 Å². The Balaban J connectivity index is 2.38. The van der Waals surface area contributed by atoms with Gasteiger partial charge in [-0.3, -0.25) is 0 Å². The van der Waals surface area contributed by atoms with Crippen molar-refractivity contribution in [2.45, 2.75) is 6.92 Å². The molecule has 104 valence electrons. The van der Waals surface area contributed by atoms with Crippen LogP contribution in [-0.4, -0.2) is 11.1 Å². The first-order valence-corrected chi connectivity index (χ1v) is 6.70. The van der Waals surface area contributed by atoms with Crippen LogP contribution in [0.25, 0.3) is 21.9 Å². The second-order valence-electron chi connectivity index (χ2n) is 5.05. The van der Waals surface area contributed by atoms with E-state index in [-0.39, 0.29) is 5.56 Å². The van der Waals surface area contributed by atoms with E-state index in [0.29, 0.717) is 5.69 Å². The second kappa shape index (κ2) is 4.94. The Labute approximate surface area is 122 Å². The summed E-state index contributed by atoms with van der Waals surface area (Å²) in [5.74, 6) is -1.01. The molecular formula is C18H15NO2. The molecule has 0 spiro atoms. The molecule has 0 aromatic heterocycles. The zero-order valence-electron chi connectivity index (χ0n) is 11.6. The van der Waals surface area contributed by atoms with Crippen molar-refractivity contribution in [3.8, 4) is 11.1 Å². The number of nitrogen functional groups attached to an aromatic ring is 1. The van der Waals surface area contributed by atoms with Crippen molar-refractivity contribution in [2.24, 2.45) is 0 Å². The molecule has 3 heteroatoms. The molecule has 0 atom stereocenters. The fourth-order valence-corrected chi connectivity index (χ4v) is 2.72. The molecule has 0 bridgehead atoms. The fraction of sp³-hybridized carbons (Fsp3) is 0.0556. The van der Waals surface area contributed by atoms with Crippen LogP contribution in [0.1, 0.15) is 15.9 Å². The highest BCUT2D eigenvalue weighted by molar-refractivity contribution is 6.04. The third kappa shape index (κ3) is 2.13. The number of fused-ring (bicyclic) bond motifs is 1. The van der Waals surface area contributed by atoms with Gasteiger partial charge in [0, 0.05) is 5.56 Å². The lowest BCUT2D eigenvalue weighted by Crippen LogP contribution is -2.05. The number of rotatable bonds is 2. The van der Waals surface area contributed by atoms with Gasteiger partial charge in [-0.1, -0.05) is 48.5 Å². The smallest absolute Gasteiger partial charge is 0.337 e. The fourth-order valence-electron chi connectivity index (χ4n) is 2.72. The monoisotopic (exact) mass is 277 g/mol. The van der Waals surface area contributed by atoms with Gasteiger partial charge in [-0.25, -0.2) is 4.79 Å². The van der Waals surface area contributed by atoms with Crippen LogP contribution < -0.4 is 5.73 Å². The van der Waals surface area contributed by atoms with E-state index < -0.39 is 5.97 Å². The number of hydrogen-bond donors (Lipinski definition) is 2. The molecule has 3 aromatic rings. The van der Waals surface area contributed by atoms with Crippen LogP contribution in [0.3, 0.4) is 0 Å². The standard InChI is InChI=1S/C18H15NO2/c1-11-9-10-15(18(20)21)17(19)16(11)14-8-4-6-12-5-2-3-7-13(12)14/h2-10H,19H2,1H3,(H,20,21). The number of nitrogens with two attached hydrogens (primary N) is 1. The predicted molar refractivity (Wildman–Crippen MR) is 85.5 cm³/mol. The maximum Gasteiger partial charge on any atom is 0.337 e. The molecule has 0 radical (unpaired) electrons. The number of benzene rings is 3. The van der Waals surface area contributed by atoms with E-state index in [9.17, 15) is 9.90 Å². The van der Waals surface area contributed by atoms with Crippen LogP contribution in [0.15, 0.2) is 54.6 Å². The topological polar surface area (TPSA) is 63.3 Å². The molecule has 0 aliphatic rings. The maximum absolute atomic E-state index is 11.3. The van der Waals surface area contributed by atoms with Crippen molar-refractivity contribution in [1.82, 2.24) is 0 Å². The Morgan fingerprint density at radius 2 is 1.71 bits per heavy atom. The molecule has 0 fully saturated rings. The third-order valence-electron chi connectivity index (χ3n) is 3.74. The van der Waals surface area contributed by atoms with Gasteiger partial charge in [0.25, 0.3) is 0 Å². The SMILES string of the molecule is Cc1ccc(C(=O)O)c(N)c1-c1cccc2ccccc12. The van der Waals surface area contributed by atoms with E-state index in [4.69, 9.17) is 5.73 Å². The number of anilines is 1. The number of aromatic carboxylic acids is 1. The molecule has 21 heavy (non-hydrogen) atoms. The zero-order valence-corrected chi connectivity index (χ0v) is 11.6. The van der Waals surface area contributed by atoms with E-state index in [1.807, 2.05) is 49.4 Å². The summed E-state index contributed by atoms with van der Waals surface area (Å²) in [5, 5.41) is 11.4. The van der Waals surface area contributed by atoms with Crippen LogP contribution in [-0.2, 0) is 0 Å². The minimum absolute atomic E-state index is 0.142. The summed E-state index contributed by atoms with van der Waals surface area (Å²) in [6, 6.07) is 17.3. The van der Waals surface area contributed by atoms with Crippen molar-refractivity contribution in [2.75, 3.05) is 5.73 Å². The predicted octanol–water partition coefficient (Wildman–Crippen LogP) is 4.10. The average Bonchev–Trinajstić information content (AvgIpc) is 2.47. The van der Waals surface area contributed by atoms with E-state index in [0.717, 1.165) is 27.5 Å². The third-order valence-corrected chi connectivity index (χ3v) is 3.74. The van der Waals surface area contributed by atoms with Gasteiger partial charge in [-0.15, -0.1) is 0 Å². The lowest BCUT2D eigenvalue weighted by molar-refractivity contribution is 0.0698. The van der Waals surface area contributed by atoms with Crippen molar-refractivity contribution in [3.63, 3.8) is 0 Å². The van der Waals surface area contributed by atoms with Gasteiger partial charge in [0.2, 0.25) is 0 Å². The highest BCUT2D eigenvalue weighted by Crippen LogP contribution is 2.36. The summed E-state index contributed by atoms with van der Waals surface area (Å²) in [6.07, 6.45) is 0. The molecule has 0 unspecified atom stereocenters. The highest BCUT2D eigenvalue weighted by atomic mass is 16.4. The van der Waals surface area contributed by atoms with Crippen LogP contribution in [0.2, 0.25) is 0 Å². The Morgan fingerprint density at radius 3 is 2.48 bits per heavy atom. The Kier molecular flexibility index (Phi) is 3.10. The minimum Gasteiger partial charge on any atom is -0.478 e. The molecule has 0 saturated heterocycles. The lowest BCUT2D eigenvalue weighted by Gasteiger charge is -2.14. The Hall–Kier alpha value is -2.81. The zero-order chi connectivity index (χ0) is 15.0. The molecule has 3 nitrogen and oxygen atoms in total. The number of aryl methyl sites for hydroxylation is 1. The summed E-state index contributed by atoms with van der Waals surface area (Å²) in [5.41, 5.74) is 9.32.